The molecule has 0 radical (unpaired) electrons. The summed E-state index contributed by atoms with van der Waals surface area (Å²) < 4.78 is 0. The van der Waals surface area contributed by atoms with E-state index in [0.29, 0.717) is 37.2 Å². The van der Waals surface area contributed by atoms with Crippen molar-refractivity contribution in [2.75, 3.05) is 19.6 Å². The van der Waals surface area contributed by atoms with Crippen LogP contribution in [0.4, 0.5) is 4.79 Å². The van der Waals surface area contributed by atoms with Crippen molar-refractivity contribution in [1.29, 1.82) is 0 Å². The largest absolute Gasteiger partial charge is 0.336 e. The minimum absolute atomic E-state index is 0.00561. The first-order valence-corrected chi connectivity index (χ1v) is 7.69. The fraction of sp³-hybridized carbons (Fsp3) is 0.667. The van der Waals surface area contributed by atoms with E-state index in [4.69, 9.17) is 0 Å². The van der Waals surface area contributed by atoms with Gasteiger partial charge in [-0.05, 0) is 27.2 Å². The standard InChI is InChI=1S/C15H24N4O3/c1-5-15(11-10(4)12(20)18-13(11)21)8-16-6-7-19(15)14(22)17-9(2)3/h9,16H,5-8H2,1-4H3,(H,17,22)(H,18,20,21). The quantitative estimate of drug-likeness (QED) is 0.647. The van der Waals surface area contributed by atoms with Crippen molar-refractivity contribution in [2.24, 2.45) is 0 Å². The molecule has 0 aromatic carbocycles. The number of carbonyl (C=O) groups excluding carboxylic acids is 3. The highest BCUT2D eigenvalue weighted by molar-refractivity contribution is 6.20. The van der Waals surface area contributed by atoms with E-state index in [1.807, 2.05) is 20.8 Å². The van der Waals surface area contributed by atoms with Gasteiger partial charge in [0.05, 0.1) is 11.1 Å². The Kier molecular flexibility index (Phi) is 4.55. The van der Waals surface area contributed by atoms with Gasteiger partial charge in [0, 0.05) is 31.2 Å². The summed E-state index contributed by atoms with van der Waals surface area (Å²) in [5.41, 5.74) is 0.0152. The summed E-state index contributed by atoms with van der Waals surface area (Å²) in [7, 11) is 0. The van der Waals surface area contributed by atoms with Crippen LogP contribution in [-0.4, -0.2) is 54.0 Å². The van der Waals surface area contributed by atoms with Gasteiger partial charge in [-0.2, -0.15) is 0 Å². The maximum atomic E-state index is 12.6. The molecule has 0 aromatic rings. The van der Waals surface area contributed by atoms with Crippen LogP contribution < -0.4 is 16.0 Å². The van der Waals surface area contributed by atoms with Gasteiger partial charge >= 0.3 is 6.03 Å². The van der Waals surface area contributed by atoms with E-state index >= 15 is 0 Å². The van der Waals surface area contributed by atoms with E-state index in [-0.39, 0.29) is 18.0 Å². The molecule has 0 spiro atoms. The average molecular weight is 308 g/mol. The molecule has 2 rings (SSSR count). The highest BCUT2D eigenvalue weighted by atomic mass is 16.2. The van der Waals surface area contributed by atoms with Gasteiger partial charge in [0.25, 0.3) is 11.8 Å². The van der Waals surface area contributed by atoms with Gasteiger partial charge in [-0.15, -0.1) is 0 Å². The number of imide groups is 1. The maximum absolute atomic E-state index is 12.6. The summed E-state index contributed by atoms with van der Waals surface area (Å²) in [6.45, 7) is 8.97. The summed E-state index contributed by atoms with van der Waals surface area (Å²) in [6.07, 6.45) is 0.554. The van der Waals surface area contributed by atoms with Crippen LogP contribution in [0.1, 0.15) is 34.1 Å². The Balaban J connectivity index is 2.46. The van der Waals surface area contributed by atoms with Crippen molar-refractivity contribution in [1.82, 2.24) is 20.9 Å². The number of hydrogen-bond donors (Lipinski definition) is 3. The van der Waals surface area contributed by atoms with Gasteiger partial charge in [0.15, 0.2) is 0 Å². The second-order valence-electron chi connectivity index (χ2n) is 6.10. The maximum Gasteiger partial charge on any atom is 0.318 e. The Labute approximate surface area is 130 Å². The summed E-state index contributed by atoms with van der Waals surface area (Å²) in [5, 5.41) is 8.47. The van der Waals surface area contributed by atoms with E-state index in [1.54, 1.807) is 11.8 Å². The zero-order valence-electron chi connectivity index (χ0n) is 13.6. The lowest BCUT2D eigenvalue weighted by atomic mass is 9.81. The molecule has 1 fully saturated rings. The first-order chi connectivity index (χ1) is 10.3. The highest BCUT2D eigenvalue weighted by Crippen LogP contribution is 2.34. The lowest BCUT2D eigenvalue weighted by Gasteiger charge is -2.47. The minimum atomic E-state index is -0.794. The summed E-state index contributed by atoms with van der Waals surface area (Å²) in [6, 6.07) is -0.197. The molecule has 2 aliphatic heterocycles. The molecule has 7 heteroatoms. The molecular weight excluding hydrogens is 284 g/mol. The molecular formula is C15H24N4O3. The Hall–Kier alpha value is -1.89. The first kappa shape index (κ1) is 16.5. The second kappa shape index (κ2) is 6.08. The molecule has 0 aliphatic carbocycles. The predicted molar refractivity (Wildman–Crippen MR) is 82.1 cm³/mol. The zero-order chi connectivity index (χ0) is 16.5. The number of amides is 4. The molecule has 0 saturated carbocycles. The highest BCUT2D eigenvalue weighted by Gasteiger charge is 2.49. The van der Waals surface area contributed by atoms with E-state index < -0.39 is 11.4 Å². The van der Waals surface area contributed by atoms with Crippen LogP contribution in [0.2, 0.25) is 0 Å². The Morgan fingerprint density at radius 3 is 2.55 bits per heavy atom. The molecule has 0 aromatic heterocycles. The smallest absolute Gasteiger partial charge is 0.318 e. The van der Waals surface area contributed by atoms with Crippen LogP contribution in [0.25, 0.3) is 0 Å². The molecule has 3 N–H and O–H groups in total. The van der Waals surface area contributed by atoms with Gasteiger partial charge in [-0.25, -0.2) is 4.79 Å². The average Bonchev–Trinajstić information content (AvgIpc) is 2.71. The molecule has 22 heavy (non-hydrogen) atoms. The summed E-state index contributed by atoms with van der Waals surface area (Å²) in [5.74, 6) is -0.766. The number of nitrogens with zero attached hydrogens (tertiary/aromatic N) is 1. The number of rotatable bonds is 3. The third kappa shape index (κ3) is 2.61. The minimum Gasteiger partial charge on any atom is -0.336 e. The number of piperazine rings is 1. The molecule has 2 aliphatic rings. The van der Waals surface area contributed by atoms with Crippen LogP contribution in [0.15, 0.2) is 11.1 Å². The van der Waals surface area contributed by atoms with Crippen molar-refractivity contribution in [3.8, 4) is 0 Å². The number of urea groups is 1. The third-order valence-electron chi connectivity index (χ3n) is 4.32. The van der Waals surface area contributed by atoms with Crippen LogP contribution in [-0.2, 0) is 9.59 Å². The number of nitrogens with one attached hydrogen (secondary N) is 3. The van der Waals surface area contributed by atoms with Crippen molar-refractivity contribution in [3.63, 3.8) is 0 Å². The topological polar surface area (TPSA) is 90.5 Å². The molecule has 7 nitrogen and oxygen atoms in total. The second-order valence-corrected chi connectivity index (χ2v) is 6.10. The van der Waals surface area contributed by atoms with Gasteiger partial charge in [0.2, 0.25) is 0 Å². The first-order valence-electron chi connectivity index (χ1n) is 7.69. The Morgan fingerprint density at radius 2 is 2.05 bits per heavy atom. The third-order valence-corrected chi connectivity index (χ3v) is 4.32. The molecule has 122 valence electrons. The molecule has 4 amide bonds. The van der Waals surface area contributed by atoms with E-state index in [9.17, 15) is 14.4 Å². The van der Waals surface area contributed by atoms with Crippen molar-refractivity contribution in [3.05, 3.63) is 11.1 Å². The van der Waals surface area contributed by atoms with E-state index in [1.165, 1.54) is 0 Å². The van der Waals surface area contributed by atoms with Gasteiger partial charge in [0.1, 0.15) is 0 Å². The van der Waals surface area contributed by atoms with Gasteiger partial charge < -0.3 is 15.5 Å². The van der Waals surface area contributed by atoms with E-state index in [0.717, 1.165) is 0 Å². The zero-order valence-corrected chi connectivity index (χ0v) is 13.6. The lowest BCUT2D eigenvalue weighted by molar-refractivity contribution is -0.124. The fourth-order valence-corrected chi connectivity index (χ4v) is 3.24. The van der Waals surface area contributed by atoms with Crippen molar-refractivity contribution >= 4 is 17.8 Å². The summed E-state index contributed by atoms with van der Waals surface area (Å²) in [4.78, 5) is 38.4. The normalized spacial score (nSPS) is 25.8. The SMILES string of the molecule is CCC1(C2=C(C)C(=O)NC2=O)CNCCN1C(=O)NC(C)C. The number of hydrogen-bond acceptors (Lipinski definition) is 4. The molecule has 1 atom stereocenters. The van der Waals surface area contributed by atoms with Crippen LogP contribution in [0.5, 0.6) is 0 Å². The van der Waals surface area contributed by atoms with Gasteiger partial charge in [-0.3, -0.25) is 14.9 Å². The van der Waals surface area contributed by atoms with E-state index in [2.05, 4.69) is 16.0 Å². The monoisotopic (exact) mass is 308 g/mol. The number of carbonyl (C=O) groups is 3. The van der Waals surface area contributed by atoms with Gasteiger partial charge in [-0.1, -0.05) is 6.92 Å². The summed E-state index contributed by atoms with van der Waals surface area (Å²) >= 11 is 0. The molecule has 1 unspecified atom stereocenters. The predicted octanol–water partition coefficient (Wildman–Crippen LogP) is 0.131. The lowest BCUT2D eigenvalue weighted by Crippen LogP contribution is -2.66. The van der Waals surface area contributed by atoms with Crippen LogP contribution >= 0.6 is 0 Å². The van der Waals surface area contributed by atoms with Crippen molar-refractivity contribution < 1.29 is 14.4 Å². The Bertz CT molecular complexity index is 541. The molecule has 2 heterocycles. The Morgan fingerprint density at radius 1 is 1.36 bits per heavy atom. The van der Waals surface area contributed by atoms with Crippen LogP contribution in [0.3, 0.4) is 0 Å². The fourth-order valence-electron chi connectivity index (χ4n) is 3.24. The van der Waals surface area contributed by atoms with Crippen molar-refractivity contribution in [2.45, 2.75) is 45.7 Å². The molecule has 0 bridgehead atoms. The molecule has 1 saturated heterocycles. The van der Waals surface area contributed by atoms with Crippen LogP contribution in [0, 0.1) is 0 Å².